The maximum Gasteiger partial charge on any atom is 0.308 e. The van der Waals surface area contributed by atoms with Crippen molar-refractivity contribution in [3.63, 3.8) is 0 Å². The van der Waals surface area contributed by atoms with Crippen LogP contribution in [0.1, 0.15) is 51.9 Å². The third-order valence-corrected chi connectivity index (χ3v) is 4.42. The Balaban J connectivity index is 2.31. The Morgan fingerprint density at radius 2 is 1.90 bits per heavy atom. The first kappa shape index (κ1) is 18.0. The van der Waals surface area contributed by atoms with Gasteiger partial charge in [0.2, 0.25) is 5.91 Å². The van der Waals surface area contributed by atoms with Crippen LogP contribution in [0, 0.1) is 11.8 Å². The molecule has 5 heteroatoms. The van der Waals surface area contributed by atoms with Gasteiger partial charge in [0.1, 0.15) is 0 Å². The van der Waals surface area contributed by atoms with Gasteiger partial charge in [0.05, 0.1) is 13.0 Å². The Morgan fingerprint density at radius 1 is 1.24 bits per heavy atom. The first-order valence-corrected chi connectivity index (χ1v) is 8.18. The summed E-state index contributed by atoms with van der Waals surface area (Å²) in [5.74, 6) is 0.602. The Hall–Kier alpha value is -1.10. The molecule has 21 heavy (non-hydrogen) atoms. The zero-order chi connectivity index (χ0) is 15.7. The summed E-state index contributed by atoms with van der Waals surface area (Å²) >= 11 is 0. The van der Waals surface area contributed by atoms with E-state index in [1.54, 1.807) is 0 Å². The minimum Gasteiger partial charge on any atom is -0.469 e. The standard InChI is InChI=1S/C16H30N2O3/c1-3-4-13(7-10-17)5-6-15(19)18-11-8-14(9-12-18)16(20)21-2/h13-14H,3-12,17H2,1-2H3. The molecular formula is C16H30N2O3. The molecule has 0 bridgehead atoms. The third-order valence-electron chi connectivity index (χ3n) is 4.42. The van der Waals surface area contributed by atoms with Crippen molar-refractivity contribution in [3.8, 4) is 0 Å². The highest BCUT2D eigenvalue weighted by Crippen LogP contribution is 2.21. The molecule has 1 amide bonds. The van der Waals surface area contributed by atoms with Crippen LogP contribution >= 0.6 is 0 Å². The van der Waals surface area contributed by atoms with Gasteiger partial charge in [-0.25, -0.2) is 0 Å². The molecule has 2 N–H and O–H groups in total. The summed E-state index contributed by atoms with van der Waals surface area (Å²) in [6, 6.07) is 0. The van der Waals surface area contributed by atoms with Gasteiger partial charge in [-0.3, -0.25) is 9.59 Å². The molecule has 0 saturated carbocycles. The normalized spacial score (nSPS) is 17.6. The van der Waals surface area contributed by atoms with E-state index in [9.17, 15) is 9.59 Å². The highest BCUT2D eigenvalue weighted by Gasteiger charge is 2.27. The van der Waals surface area contributed by atoms with Gasteiger partial charge in [0.25, 0.3) is 0 Å². The van der Waals surface area contributed by atoms with Crippen LogP contribution in [0.15, 0.2) is 0 Å². The average molecular weight is 298 g/mol. The largest absolute Gasteiger partial charge is 0.469 e. The fourth-order valence-electron chi connectivity index (χ4n) is 3.09. The molecule has 122 valence electrons. The van der Waals surface area contributed by atoms with E-state index in [0.29, 0.717) is 32.0 Å². The van der Waals surface area contributed by atoms with Crippen molar-refractivity contribution >= 4 is 11.9 Å². The van der Waals surface area contributed by atoms with Gasteiger partial charge in [-0.05, 0) is 38.1 Å². The molecule has 0 aliphatic carbocycles. The second kappa shape index (κ2) is 9.77. The van der Waals surface area contributed by atoms with E-state index in [0.717, 1.165) is 38.5 Å². The minimum absolute atomic E-state index is 0.0378. The molecule has 0 spiro atoms. The SMILES string of the molecule is CCCC(CCN)CCC(=O)N1CCC(C(=O)OC)CC1. The van der Waals surface area contributed by atoms with Gasteiger partial charge in [-0.15, -0.1) is 0 Å². The molecule has 1 fully saturated rings. The molecule has 1 saturated heterocycles. The number of hydrogen-bond acceptors (Lipinski definition) is 4. The molecule has 0 aromatic rings. The highest BCUT2D eigenvalue weighted by atomic mass is 16.5. The van der Waals surface area contributed by atoms with Gasteiger partial charge in [0, 0.05) is 19.5 Å². The summed E-state index contributed by atoms with van der Waals surface area (Å²) in [7, 11) is 1.42. The Kier molecular flexibility index (Phi) is 8.35. The van der Waals surface area contributed by atoms with Crippen LogP contribution < -0.4 is 5.73 Å². The fraction of sp³-hybridized carbons (Fsp3) is 0.875. The van der Waals surface area contributed by atoms with E-state index in [-0.39, 0.29) is 17.8 Å². The number of esters is 1. The smallest absolute Gasteiger partial charge is 0.308 e. The van der Waals surface area contributed by atoms with E-state index < -0.39 is 0 Å². The van der Waals surface area contributed by atoms with Crippen molar-refractivity contribution in [1.29, 1.82) is 0 Å². The number of carbonyl (C=O) groups excluding carboxylic acids is 2. The van der Waals surface area contributed by atoms with Crippen LogP contribution in [-0.4, -0.2) is 43.5 Å². The molecule has 0 aromatic heterocycles. The maximum absolute atomic E-state index is 12.2. The molecule has 5 nitrogen and oxygen atoms in total. The lowest BCUT2D eigenvalue weighted by molar-refractivity contribution is -0.148. The lowest BCUT2D eigenvalue weighted by Gasteiger charge is -2.31. The number of nitrogens with two attached hydrogens (primary N) is 1. The van der Waals surface area contributed by atoms with Crippen molar-refractivity contribution in [2.45, 2.75) is 51.9 Å². The lowest BCUT2D eigenvalue weighted by atomic mass is 9.93. The Morgan fingerprint density at radius 3 is 2.43 bits per heavy atom. The summed E-state index contributed by atoms with van der Waals surface area (Å²) in [6.07, 6.45) is 6.28. The van der Waals surface area contributed by atoms with Gasteiger partial charge in [-0.2, -0.15) is 0 Å². The van der Waals surface area contributed by atoms with Gasteiger partial charge < -0.3 is 15.4 Å². The van der Waals surface area contributed by atoms with E-state index in [1.807, 2.05) is 4.90 Å². The second-order valence-electron chi connectivity index (χ2n) is 5.95. The molecule has 1 heterocycles. The lowest BCUT2D eigenvalue weighted by Crippen LogP contribution is -2.40. The quantitative estimate of drug-likeness (QED) is 0.695. The van der Waals surface area contributed by atoms with Gasteiger partial charge in [-0.1, -0.05) is 19.8 Å². The van der Waals surface area contributed by atoms with Gasteiger partial charge >= 0.3 is 5.97 Å². The van der Waals surface area contributed by atoms with Crippen molar-refractivity contribution in [3.05, 3.63) is 0 Å². The molecule has 1 aliphatic rings. The van der Waals surface area contributed by atoms with E-state index in [2.05, 4.69) is 6.92 Å². The van der Waals surface area contributed by atoms with Crippen molar-refractivity contribution in [2.24, 2.45) is 17.6 Å². The van der Waals surface area contributed by atoms with E-state index in [1.165, 1.54) is 7.11 Å². The number of nitrogens with zero attached hydrogens (tertiary/aromatic N) is 1. The molecule has 1 aliphatic heterocycles. The number of ether oxygens (including phenoxy) is 1. The van der Waals surface area contributed by atoms with E-state index in [4.69, 9.17) is 10.5 Å². The summed E-state index contributed by atoms with van der Waals surface area (Å²) < 4.78 is 4.76. The number of hydrogen-bond donors (Lipinski definition) is 1. The van der Waals surface area contributed by atoms with Crippen molar-refractivity contribution < 1.29 is 14.3 Å². The monoisotopic (exact) mass is 298 g/mol. The van der Waals surface area contributed by atoms with Gasteiger partial charge in [0.15, 0.2) is 0 Å². The highest BCUT2D eigenvalue weighted by molar-refractivity contribution is 5.77. The molecule has 1 atom stereocenters. The van der Waals surface area contributed by atoms with Crippen LogP contribution in [0.25, 0.3) is 0 Å². The maximum atomic E-state index is 12.2. The van der Waals surface area contributed by atoms with Crippen LogP contribution in [0.5, 0.6) is 0 Å². The van der Waals surface area contributed by atoms with E-state index >= 15 is 0 Å². The summed E-state index contributed by atoms with van der Waals surface area (Å²) in [6.45, 7) is 4.22. The first-order valence-electron chi connectivity index (χ1n) is 8.18. The Labute approximate surface area is 128 Å². The van der Waals surface area contributed by atoms with Crippen LogP contribution in [0.2, 0.25) is 0 Å². The summed E-state index contributed by atoms with van der Waals surface area (Å²) in [5, 5.41) is 0. The number of rotatable bonds is 8. The van der Waals surface area contributed by atoms with Crippen LogP contribution in [0.3, 0.4) is 0 Å². The molecule has 1 rings (SSSR count). The number of piperidine rings is 1. The topological polar surface area (TPSA) is 72.6 Å². The van der Waals surface area contributed by atoms with Crippen molar-refractivity contribution in [2.75, 3.05) is 26.7 Å². The van der Waals surface area contributed by atoms with Crippen LogP contribution in [-0.2, 0) is 14.3 Å². The zero-order valence-corrected chi connectivity index (χ0v) is 13.5. The molecule has 0 radical (unpaired) electrons. The Bertz CT molecular complexity index is 319. The van der Waals surface area contributed by atoms with Crippen molar-refractivity contribution in [1.82, 2.24) is 4.90 Å². The average Bonchev–Trinajstić information content (AvgIpc) is 2.52. The summed E-state index contributed by atoms with van der Waals surface area (Å²) in [5.41, 5.74) is 5.63. The number of methoxy groups -OCH3 is 1. The minimum atomic E-state index is -0.145. The zero-order valence-electron chi connectivity index (χ0n) is 13.5. The molecule has 0 aromatic carbocycles. The second-order valence-corrected chi connectivity index (χ2v) is 5.95. The first-order chi connectivity index (χ1) is 10.1. The van der Waals surface area contributed by atoms with Crippen LogP contribution in [0.4, 0.5) is 0 Å². The predicted molar refractivity (Wildman–Crippen MR) is 82.6 cm³/mol. The third kappa shape index (κ3) is 6.04. The summed E-state index contributed by atoms with van der Waals surface area (Å²) in [4.78, 5) is 25.6. The number of likely N-dealkylation sites (tertiary alicyclic amines) is 1. The fourth-order valence-corrected chi connectivity index (χ4v) is 3.09. The number of carbonyl (C=O) groups is 2. The predicted octanol–water partition coefficient (Wildman–Crippen LogP) is 1.94. The number of amides is 1. The molecular weight excluding hydrogens is 268 g/mol. The molecule has 1 unspecified atom stereocenters.